The Balaban J connectivity index is 1.50. The SMILES string of the molecule is CN=C(NCCCSc1nccs1)NCC(c1ccccc1OC)N1CCCC1. The fraction of sp³-hybridized carbons (Fsp3) is 0.524. The summed E-state index contributed by atoms with van der Waals surface area (Å²) in [6.07, 6.45) is 5.44. The number of benzene rings is 1. The molecule has 0 spiro atoms. The average Bonchev–Trinajstić information content (AvgIpc) is 3.47. The van der Waals surface area contributed by atoms with Crippen LogP contribution in [0.2, 0.25) is 0 Å². The van der Waals surface area contributed by atoms with E-state index in [0.717, 1.165) is 54.4 Å². The van der Waals surface area contributed by atoms with Crippen LogP contribution in [-0.2, 0) is 0 Å². The first-order chi connectivity index (χ1) is 14.3. The molecule has 2 aromatic rings. The fourth-order valence-corrected chi connectivity index (χ4v) is 5.21. The van der Waals surface area contributed by atoms with Crippen molar-refractivity contribution in [2.75, 3.05) is 46.1 Å². The van der Waals surface area contributed by atoms with Crippen molar-refractivity contribution in [1.82, 2.24) is 20.5 Å². The molecule has 2 heterocycles. The first kappa shape index (κ1) is 21.9. The van der Waals surface area contributed by atoms with Crippen molar-refractivity contribution in [1.29, 1.82) is 0 Å². The van der Waals surface area contributed by atoms with Gasteiger partial charge in [-0.25, -0.2) is 4.98 Å². The number of para-hydroxylation sites is 1. The zero-order valence-corrected chi connectivity index (χ0v) is 18.9. The lowest BCUT2D eigenvalue weighted by atomic mass is 10.0. The third-order valence-electron chi connectivity index (χ3n) is 5.01. The number of thiazole rings is 1. The minimum Gasteiger partial charge on any atom is -0.496 e. The van der Waals surface area contributed by atoms with E-state index < -0.39 is 0 Å². The van der Waals surface area contributed by atoms with Crippen LogP contribution in [0, 0.1) is 0 Å². The summed E-state index contributed by atoms with van der Waals surface area (Å²) in [6, 6.07) is 8.61. The minimum atomic E-state index is 0.271. The molecule has 1 saturated heterocycles. The van der Waals surface area contributed by atoms with Crippen molar-refractivity contribution >= 4 is 29.1 Å². The van der Waals surface area contributed by atoms with E-state index in [1.165, 1.54) is 18.4 Å². The minimum absolute atomic E-state index is 0.271. The van der Waals surface area contributed by atoms with Gasteiger partial charge in [0.1, 0.15) is 10.1 Å². The third-order valence-corrected chi connectivity index (χ3v) is 7.07. The highest BCUT2D eigenvalue weighted by Gasteiger charge is 2.25. The molecule has 0 bridgehead atoms. The summed E-state index contributed by atoms with van der Waals surface area (Å²) in [4.78, 5) is 11.2. The van der Waals surface area contributed by atoms with Crippen molar-refractivity contribution in [2.45, 2.75) is 29.6 Å². The molecule has 158 valence electrons. The molecular formula is C21H31N5OS2. The Morgan fingerprint density at radius 2 is 2.14 bits per heavy atom. The number of thioether (sulfide) groups is 1. The highest BCUT2D eigenvalue weighted by Crippen LogP contribution is 2.31. The normalized spacial score (nSPS) is 16.0. The van der Waals surface area contributed by atoms with E-state index in [9.17, 15) is 0 Å². The van der Waals surface area contributed by atoms with Gasteiger partial charge in [0.05, 0.1) is 13.2 Å². The molecule has 1 unspecified atom stereocenters. The molecule has 0 radical (unpaired) electrons. The van der Waals surface area contributed by atoms with Crippen molar-refractivity contribution in [3.8, 4) is 5.75 Å². The molecule has 1 aliphatic heterocycles. The smallest absolute Gasteiger partial charge is 0.191 e. The molecule has 8 heteroatoms. The summed E-state index contributed by atoms with van der Waals surface area (Å²) >= 11 is 3.51. The van der Waals surface area contributed by atoms with Crippen LogP contribution in [-0.4, -0.2) is 61.9 Å². The van der Waals surface area contributed by atoms with Crippen molar-refractivity contribution < 1.29 is 4.74 Å². The molecule has 1 aromatic carbocycles. The van der Waals surface area contributed by atoms with Gasteiger partial charge in [0.2, 0.25) is 0 Å². The summed E-state index contributed by atoms with van der Waals surface area (Å²) in [7, 11) is 3.57. The van der Waals surface area contributed by atoms with E-state index in [1.807, 2.05) is 42.5 Å². The van der Waals surface area contributed by atoms with E-state index in [1.54, 1.807) is 18.4 Å². The van der Waals surface area contributed by atoms with Crippen LogP contribution in [0.3, 0.4) is 0 Å². The van der Waals surface area contributed by atoms with Gasteiger partial charge in [-0.1, -0.05) is 30.0 Å². The second kappa shape index (κ2) is 12.0. The second-order valence-electron chi connectivity index (χ2n) is 6.88. The Morgan fingerprint density at radius 1 is 1.31 bits per heavy atom. The van der Waals surface area contributed by atoms with Gasteiger partial charge in [0, 0.05) is 43.0 Å². The van der Waals surface area contributed by atoms with E-state index in [0.29, 0.717) is 0 Å². The predicted octanol–water partition coefficient (Wildman–Crippen LogP) is 3.64. The van der Waals surface area contributed by atoms with Crippen LogP contribution >= 0.6 is 23.1 Å². The Kier molecular flexibility index (Phi) is 9.11. The number of nitrogens with one attached hydrogen (secondary N) is 2. The van der Waals surface area contributed by atoms with Crippen LogP contribution in [0.1, 0.15) is 30.9 Å². The standard InChI is InChI=1S/C21H31N5OS2/c1-22-20(23-10-7-14-28-21-24-11-15-29-21)25-16-18(26-12-5-6-13-26)17-8-3-4-9-19(17)27-2/h3-4,8-9,11,15,18H,5-7,10,12-14,16H2,1-2H3,(H2,22,23,25). The summed E-state index contributed by atoms with van der Waals surface area (Å²) in [5.74, 6) is 2.85. The highest BCUT2D eigenvalue weighted by molar-refractivity contribution is 8.00. The molecule has 2 N–H and O–H groups in total. The number of aromatic nitrogens is 1. The van der Waals surface area contributed by atoms with Gasteiger partial charge in [-0.15, -0.1) is 11.3 Å². The monoisotopic (exact) mass is 433 g/mol. The number of nitrogens with zero attached hydrogens (tertiary/aromatic N) is 3. The van der Waals surface area contributed by atoms with Gasteiger partial charge < -0.3 is 15.4 Å². The van der Waals surface area contributed by atoms with Crippen LogP contribution in [0.4, 0.5) is 0 Å². The fourth-order valence-electron chi connectivity index (χ4n) is 3.56. The van der Waals surface area contributed by atoms with Gasteiger partial charge in [-0.05, 0) is 38.4 Å². The Bertz CT molecular complexity index is 747. The predicted molar refractivity (Wildman–Crippen MR) is 123 cm³/mol. The number of hydrogen-bond acceptors (Lipinski definition) is 6. The van der Waals surface area contributed by atoms with Crippen LogP contribution in [0.15, 0.2) is 45.2 Å². The zero-order valence-electron chi connectivity index (χ0n) is 17.3. The quantitative estimate of drug-likeness (QED) is 0.258. The zero-order chi connectivity index (χ0) is 20.3. The second-order valence-corrected chi connectivity index (χ2v) is 9.12. The molecule has 1 aliphatic rings. The summed E-state index contributed by atoms with van der Waals surface area (Å²) in [6.45, 7) is 3.95. The summed E-state index contributed by atoms with van der Waals surface area (Å²) < 4.78 is 6.77. The van der Waals surface area contributed by atoms with Crippen molar-refractivity contribution in [3.63, 3.8) is 0 Å². The van der Waals surface area contributed by atoms with Gasteiger partial charge in [0.15, 0.2) is 5.96 Å². The maximum absolute atomic E-state index is 5.63. The molecule has 29 heavy (non-hydrogen) atoms. The molecule has 0 aliphatic carbocycles. The van der Waals surface area contributed by atoms with E-state index in [2.05, 4.69) is 37.6 Å². The first-order valence-electron chi connectivity index (χ1n) is 10.2. The van der Waals surface area contributed by atoms with Gasteiger partial charge in [-0.3, -0.25) is 9.89 Å². The van der Waals surface area contributed by atoms with Crippen molar-refractivity contribution in [3.05, 3.63) is 41.4 Å². The number of likely N-dealkylation sites (tertiary alicyclic amines) is 1. The lowest BCUT2D eigenvalue weighted by Crippen LogP contribution is -2.43. The van der Waals surface area contributed by atoms with E-state index in [4.69, 9.17) is 4.74 Å². The molecule has 3 rings (SSSR count). The number of aliphatic imine (C=N–C) groups is 1. The maximum atomic E-state index is 5.63. The third kappa shape index (κ3) is 6.62. The molecular weight excluding hydrogens is 402 g/mol. The summed E-state index contributed by atoms with van der Waals surface area (Å²) in [5, 5.41) is 8.98. The average molecular weight is 434 g/mol. The van der Waals surface area contributed by atoms with Crippen molar-refractivity contribution in [2.24, 2.45) is 4.99 Å². The Labute approximate surface area is 182 Å². The molecule has 1 atom stereocenters. The van der Waals surface area contributed by atoms with Gasteiger partial charge in [-0.2, -0.15) is 0 Å². The Hall–Kier alpha value is -1.77. The van der Waals surface area contributed by atoms with Crippen LogP contribution < -0.4 is 15.4 Å². The molecule has 1 fully saturated rings. The van der Waals surface area contributed by atoms with Gasteiger partial charge in [0.25, 0.3) is 0 Å². The lowest BCUT2D eigenvalue weighted by molar-refractivity contribution is 0.239. The van der Waals surface area contributed by atoms with E-state index in [-0.39, 0.29) is 6.04 Å². The van der Waals surface area contributed by atoms with Gasteiger partial charge >= 0.3 is 0 Å². The van der Waals surface area contributed by atoms with E-state index >= 15 is 0 Å². The number of methoxy groups -OCH3 is 1. The number of guanidine groups is 1. The lowest BCUT2D eigenvalue weighted by Gasteiger charge is -2.30. The molecule has 0 saturated carbocycles. The summed E-state index contributed by atoms with van der Waals surface area (Å²) in [5.41, 5.74) is 1.24. The first-order valence-corrected chi connectivity index (χ1v) is 12.0. The number of ether oxygens (including phenoxy) is 1. The maximum Gasteiger partial charge on any atom is 0.191 e. The largest absolute Gasteiger partial charge is 0.496 e. The molecule has 1 aromatic heterocycles. The number of hydrogen-bond donors (Lipinski definition) is 2. The molecule has 0 amide bonds. The topological polar surface area (TPSA) is 61.8 Å². The molecule has 6 nitrogen and oxygen atoms in total. The number of rotatable bonds is 10. The highest BCUT2D eigenvalue weighted by atomic mass is 32.2. The van der Waals surface area contributed by atoms with Crippen LogP contribution in [0.5, 0.6) is 5.75 Å². The Morgan fingerprint density at radius 3 is 2.86 bits per heavy atom. The van der Waals surface area contributed by atoms with Crippen LogP contribution in [0.25, 0.3) is 0 Å².